The van der Waals surface area contributed by atoms with Crippen molar-refractivity contribution in [1.29, 1.82) is 0 Å². The number of nitrogens with zero attached hydrogens (tertiary/aromatic N) is 2. The van der Waals surface area contributed by atoms with E-state index in [0.717, 1.165) is 0 Å². The van der Waals surface area contributed by atoms with Crippen molar-refractivity contribution < 1.29 is 57.7 Å². The van der Waals surface area contributed by atoms with Crippen molar-refractivity contribution in [3.63, 3.8) is 0 Å². The molecule has 0 aromatic rings. The van der Waals surface area contributed by atoms with E-state index in [1.54, 1.807) is 0 Å². The predicted molar refractivity (Wildman–Crippen MR) is 41.9 cm³/mol. The second kappa shape index (κ2) is 22.9. The maximum atomic E-state index is 9.26. The van der Waals surface area contributed by atoms with E-state index in [1.165, 1.54) is 7.11 Å². The van der Waals surface area contributed by atoms with Crippen molar-refractivity contribution in [3.05, 3.63) is 27.7 Å². The molecule has 0 aromatic heterocycles. The summed E-state index contributed by atoms with van der Waals surface area (Å²) in [6, 6.07) is 0. The summed E-state index contributed by atoms with van der Waals surface area (Å²) in [5.74, 6) is 0. The van der Waals surface area contributed by atoms with E-state index in [-0.39, 0.29) is 54.4 Å². The Kier molecular flexibility index (Phi) is 47.7. The molecule has 10 heteroatoms. The van der Waals surface area contributed by atoms with E-state index in [2.05, 4.69) is 9.57 Å². The molecule has 0 aliphatic carbocycles. The van der Waals surface area contributed by atoms with Gasteiger partial charge in [-0.15, -0.1) is 20.2 Å². The van der Waals surface area contributed by atoms with E-state index in [4.69, 9.17) is 15.3 Å². The summed E-state index contributed by atoms with van der Waals surface area (Å²) in [5, 5.41) is 22.0. The van der Waals surface area contributed by atoms with Gasteiger partial charge in [0.1, 0.15) is 0 Å². The first-order chi connectivity index (χ1) is 5.00. The molecule has 0 aliphatic rings. The van der Waals surface area contributed by atoms with Gasteiger partial charge in [-0.25, -0.2) is 0 Å². The van der Waals surface area contributed by atoms with Crippen LogP contribution in [-0.4, -0.2) is 29.3 Å². The molecule has 0 atom stereocenters. The van der Waals surface area contributed by atoms with Gasteiger partial charge in [0.15, 0.2) is 6.79 Å². The van der Waals surface area contributed by atoms with Gasteiger partial charge in [0.25, 0.3) is 10.2 Å². The van der Waals surface area contributed by atoms with Gasteiger partial charge in [-0.3, -0.25) is 4.84 Å². The molecule has 0 bridgehead atoms. The summed E-state index contributed by atoms with van der Waals surface area (Å²) in [5.41, 5.74) is 0. The quantitative estimate of drug-likeness (QED) is 0.348. The van der Waals surface area contributed by atoms with Gasteiger partial charge < -0.3 is 17.4 Å². The fourth-order valence-electron chi connectivity index (χ4n) is 0.0957. The van der Waals surface area contributed by atoms with Gasteiger partial charge in [0, 0.05) is 39.8 Å². The van der Waals surface area contributed by atoms with Crippen LogP contribution in [0.5, 0.6) is 0 Å². The molecular weight excluding hydrogens is 277 g/mol. The molecule has 85 valence electrons. The van der Waals surface area contributed by atoms with Gasteiger partial charge in [-0.05, 0) is 0 Å². The van der Waals surface area contributed by atoms with Crippen LogP contribution in [0, 0.1) is 27.7 Å². The van der Waals surface area contributed by atoms with E-state index >= 15 is 0 Å². The number of methoxy groups -OCH3 is 1. The first kappa shape index (κ1) is 29.2. The Morgan fingerprint density at radius 1 is 1.36 bits per heavy atom. The van der Waals surface area contributed by atoms with Crippen LogP contribution < -0.4 is 0 Å². The fourth-order valence-corrected chi connectivity index (χ4v) is 0.0957. The minimum Gasteiger partial charge on any atom is -0.358 e. The average molecular weight is 290 g/mol. The predicted octanol–water partition coefficient (Wildman–Crippen LogP) is 0.535. The number of hydrogen-bond acceptors (Lipinski definition) is 6. The standard InChI is InChI=1S/C2H5NO4.CH4.CH3.HNO3.Y/c1-6-2-7-3(4)5;;;2-1(3)4;/h2H2,1H3;1H4;1H3;(H,2,3,4);/q;;-1;;. The van der Waals surface area contributed by atoms with Crippen molar-refractivity contribution >= 4 is 0 Å². The third-order valence-electron chi connectivity index (χ3n) is 0.276. The summed E-state index contributed by atoms with van der Waals surface area (Å²) in [6.45, 7) is -0.299. The minimum absolute atomic E-state index is 0. The van der Waals surface area contributed by atoms with Crippen molar-refractivity contribution in [1.82, 2.24) is 0 Å². The zero-order chi connectivity index (χ0) is 9.28. The maximum Gasteiger partial charge on any atom is 0.296 e. The number of ether oxygens (including phenoxy) is 1. The SMILES string of the molecule is C.COCO[N+](=O)[O-].O=[N+]([O-])O.[CH3-].[Y]. The average Bonchev–Trinajstić information content (AvgIpc) is 1.82. The molecule has 0 amide bonds. The molecule has 0 spiro atoms. The Balaban J connectivity index is -0.0000000347. The van der Waals surface area contributed by atoms with E-state index in [1.807, 2.05) is 0 Å². The van der Waals surface area contributed by atoms with Crippen molar-refractivity contribution in [3.8, 4) is 0 Å². The van der Waals surface area contributed by atoms with E-state index in [9.17, 15) is 10.1 Å². The first-order valence-corrected chi connectivity index (χ1v) is 2.10. The Hall–Kier alpha value is -0.536. The van der Waals surface area contributed by atoms with E-state index < -0.39 is 10.2 Å². The zero-order valence-electron chi connectivity index (χ0n) is 7.08. The van der Waals surface area contributed by atoms with Crippen LogP contribution in [0.1, 0.15) is 7.43 Å². The molecule has 14 heavy (non-hydrogen) atoms. The molecule has 9 nitrogen and oxygen atoms in total. The van der Waals surface area contributed by atoms with Crippen LogP contribution in [-0.2, 0) is 42.3 Å². The second-order valence-corrected chi connectivity index (χ2v) is 0.997. The van der Waals surface area contributed by atoms with Crippen LogP contribution in [0.15, 0.2) is 0 Å². The van der Waals surface area contributed by atoms with Crippen LogP contribution in [0.3, 0.4) is 0 Å². The second-order valence-electron chi connectivity index (χ2n) is 0.997. The van der Waals surface area contributed by atoms with Gasteiger partial charge in [-0.1, -0.05) is 7.43 Å². The number of rotatable bonds is 3. The summed E-state index contributed by atoms with van der Waals surface area (Å²) in [4.78, 5) is 21.3. The summed E-state index contributed by atoms with van der Waals surface area (Å²) < 4.78 is 4.19. The normalized spacial score (nSPS) is 5.79. The fraction of sp³-hybridized carbons (Fsp3) is 0.750. The molecule has 1 radical (unpaired) electrons. The van der Waals surface area contributed by atoms with Gasteiger partial charge >= 0.3 is 0 Å². The van der Waals surface area contributed by atoms with Crippen LogP contribution in [0.4, 0.5) is 0 Å². The molecule has 0 unspecified atom stereocenters. The van der Waals surface area contributed by atoms with Crippen LogP contribution in [0.2, 0.25) is 0 Å². The Labute approximate surface area is 106 Å². The largest absolute Gasteiger partial charge is 0.358 e. The molecule has 0 saturated heterocycles. The smallest absolute Gasteiger partial charge is 0.296 e. The molecule has 1 N–H and O–H groups in total. The van der Waals surface area contributed by atoms with Gasteiger partial charge in [0.2, 0.25) is 0 Å². The third-order valence-corrected chi connectivity index (χ3v) is 0.276. The van der Waals surface area contributed by atoms with Crippen LogP contribution >= 0.6 is 0 Å². The zero-order valence-corrected chi connectivity index (χ0v) is 9.91. The molecule has 0 saturated carbocycles. The Morgan fingerprint density at radius 3 is 1.71 bits per heavy atom. The monoisotopic (exact) mass is 290 g/mol. The molecular formula is C4H13N2O7Y-. The summed E-state index contributed by atoms with van der Waals surface area (Å²) in [6.07, 6.45) is 0. The first-order valence-electron chi connectivity index (χ1n) is 2.10. The summed E-state index contributed by atoms with van der Waals surface area (Å²) in [7, 11) is 1.31. The molecule has 0 fully saturated rings. The molecule has 0 rings (SSSR count). The van der Waals surface area contributed by atoms with Crippen LogP contribution in [0.25, 0.3) is 0 Å². The summed E-state index contributed by atoms with van der Waals surface area (Å²) >= 11 is 0. The Morgan fingerprint density at radius 2 is 1.64 bits per heavy atom. The third kappa shape index (κ3) is 105. The molecule has 0 heterocycles. The minimum atomic E-state index is -1.50. The van der Waals surface area contributed by atoms with Crippen molar-refractivity contribution in [2.45, 2.75) is 7.43 Å². The van der Waals surface area contributed by atoms with Crippen molar-refractivity contribution in [2.24, 2.45) is 0 Å². The topological polar surface area (TPSA) is 125 Å². The van der Waals surface area contributed by atoms with Gasteiger partial charge in [-0.2, -0.15) is 0 Å². The Bertz CT molecular complexity index is 129. The van der Waals surface area contributed by atoms with Gasteiger partial charge in [0.05, 0.1) is 0 Å². The molecule has 0 aliphatic heterocycles. The maximum absolute atomic E-state index is 9.26. The van der Waals surface area contributed by atoms with E-state index in [0.29, 0.717) is 0 Å². The molecule has 0 aromatic carbocycles. The number of hydrogen-bond donors (Lipinski definition) is 1. The van der Waals surface area contributed by atoms with Crippen molar-refractivity contribution in [2.75, 3.05) is 13.9 Å².